The van der Waals surface area contributed by atoms with Gasteiger partial charge in [0.05, 0.1) is 35.4 Å². The van der Waals surface area contributed by atoms with Crippen LogP contribution in [-0.2, 0) is 83.4 Å². The standard InChI is InChI=1S/C8H10O2S.C6H11NO2.C6H16O2SSi.C4H9NO.C4H8O2S.C3H7ClO2S.C3H9NO2S.2C2H6O2S/c1-7-3-5-8(6-4-7)11(2,9)10;1-6(8)7-2-4-9-5-3-7;1-9(7,8)5-6-10(2,3)4;1-4(6)5(2)3;1-7(5,6)4-2-3-4;1-7(5,6)3-2-4;1-4(2)7(3,5)6;2*1-5(2,3)4/h3-6H,1-2H3;2-5H2,1H3;5-6H2,1-4H3;1-3H3;4H,2-3H2,1H3;2-3H2,1H3;1-3H3;2*1-2H3. The van der Waals surface area contributed by atoms with E-state index < -0.39 is 77.1 Å². The van der Waals surface area contributed by atoms with Gasteiger partial charge in [-0.25, -0.2) is 63.2 Å². The number of benzene rings is 1. The van der Waals surface area contributed by atoms with E-state index in [9.17, 15) is 68.5 Å². The first-order valence-electron chi connectivity index (χ1n) is 19.8. The Labute approximate surface area is 412 Å². The summed E-state index contributed by atoms with van der Waals surface area (Å²) in [6.07, 6.45) is 12.5. The number of rotatable bonds is 8. The number of halogens is 1. The van der Waals surface area contributed by atoms with Gasteiger partial charge in [0.1, 0.15) is 49.2 Å². The van der Waals surface area contributed by atoms with Crippen LogP contribution in [0.4, 0.5) is 0 Å². The van der Waals surface area contributed by atoms with Crippen molar-refractivity contribution in [1.29, 1.82) is 0 Å². The lowest BCUT2D eigenvalue weighted by atomic mass is 10.2. The van der Waals surface area contributed by atoms with Gasteiger partial charge in [-0.05, 0) is 37.9 Å². The number of hydrogen-bond acceptors (Lipinski definition) is 17. The second-order valence-electron chi connectivity index (χ2n) is 17.2. The molecule has 1 saturated heterocycles. The van der Waals surface area contributed by atoms with Crippen LogP contribution in [0.3, 0.4) is 0 Å². The maximum atomic E-state index is 10.9. The van der Waals surface area contributed by atoms with Crippen LogP contribution in [0.25, 0.3) is 0 Å². The minimum absolute atomic E-state index is 0.0208. The SMILES string of the molecule is CC(=O)N(C)C.CC(=O)N1CCOCC1.CN(C)S(C)(=O)=O.CS(=O)(=O)C1CC1.CS(=O)(=O)CCCl.CS(C)(=O)=O.CS(C)(=O)=O.C[Si](C)(C)CCS(C)(=O)=O.Cc1ccc(S(C)(=O)=O)cc1. The quantitative estimate of drug-likeness (QED) is 0.266. The minimum Gasteiger partial charge on any atom is -0.378 e. The van der Waals surface area contributed by atoms with Crippen molar-refractivity contribution < 1.29 is 73.3 Å². The number of amides is 2. The molecule has 29 heteroatoms. The van der Waals surface area contributed by atoms with E-state index in [1.54, 1.807) is 50.2 Å². The summed E-state index contributed by atoms with van der Waals surface area (Å²) >= 11 is 5.11. The maximum absolute atomic E-state index is 10.9. The molecular weight excluding hydrogens is 1060 g/mol. The molecule has 2 amide bonds. The van der Waals surface area contributed by atoms with Gasteiger partial charge >= 0.3 is 0 Å². The number of ether oxygens (including phenoxy) is 1. The molecule has 20 nitrogen and oxygen atoms in total. The predicted octanol–water partition coefficient (Wildman–Crippen LogP) is 2.02. The van der Waals surface area contributed by atoms with E-state index in [0.29, 0.717) is 23.9 Å². The van der Waals surface area contributed by atoms with Crippen molar-refractivity contribution in [2.75, 3.05) is 128 Å². The number of morpholine rings is 1. The summed E-state index contributed by atoms with van der Waals surface area (Å²) in [5.41, 5.74) is 1.07. The van der Waals surface area contributed by atoms with Crippen molar-refractivity contribution >= 4 is 101 Å². The highest BCUT2D eigenvalue weighted by molar-refractivity contribution is 7.92. The van der Waals surface area contributed by atoms with Crippen LogP contribution in [0.1, 0.15) is 32.3 Å². The molecule has 1 aromatic rings. The maximum Gasteiger partial charge on any atom is 0.219 e. The van der Waals surface area contributed by atoms with Crippen LogP contribution in [0.15, 0.2) is 29.2 Å². The molecule has 0 N–H and O–H groups in total. The molecule has 1 aliphatic heterocycles. The van der Waals surface area contributed by atoms with E-state index in [1.165, 1.54) is 44.7 Å². The zero-order valence-electron chi connectivity index (χ0n) is 43.0. The number of alkyl halides is 1. The first-order chi connectivity index (χ1) is 29.3. The Morgan fingerprint density at radius 2 is 0.970 bits per heavy atom. The Balaban J connectivity index is -0.000000158. The molecule has 0 atom stereocenters. The summed E-state index contributed by atoms with van der Waals surface area (Å²) in [4.78, 5) is 24.4. The molecule has 1 aromatic carbocycles. The Morgan fingerprint density at radius 1 is 0.657 bits per heavy atom. The Hall–Kier alpha value is -1.76. The zero-order chi connectivity index (χ0) is 55.2. The zero-order valence-corrected chi connectivity index (χ0v) is 50.4. The smallest absolute Gasteiger partial charge is 0.219 e. The summed E-state index contributed by atoms with van der Waals surface area (Å²) in [6.45, 7) is 14.5. The third-order valence-corrected chi connectivity index (χ3v) is 15.6. The molecule has 0 radical (unpaired) electrons. The Morgan fingerprint density at radius 3 is 1.09 bits per heavy atom. The second kappa shape index (κ2) is 35.4. The van der Waals surface area contributed by atoms with Crippen LogP contribution < -0.4 is 0 Å². The molecule has 2 aliphatic rings. The lowest BCUT2D eigenvalue weighted by molar-refractivity contribution is -0.132. The Bertz CT molecular complexity index is 2270. The number of nitrogens with zero attached hydrogens (tertiary/aromatic N) is 3. The highest BCUT2D eigenvalue weighted by Gasteiger charge is 2.31. The summed E-state index contributed by atoms with van der Waals surface area (Å²) < 4.78 is 150. The van der Waals surface area contributed by atoms with Crippen molar-refractivity contribution in [3.05, 3.63) is 29.8 Å². The third kappa shape index (κ3) is 78.7. The van der Waals surface area contributed by atoms with E-state index in [2.05, 4.69) is 19.6 Å². The summed E-state index contributed by atoms with van der Waals surface area (Å²) in [7, 11) is -14.1. The number of sulfone groups is 6. The van der Waals surface area contributed by atoms with E-state index in [4.69, 9.17) is 16.3 Å². The monoisotopic (exact) mass is 1140 g/mol. The Kier molecular flexibility index (Phi) is 40.5. The molecule has 3 rings (SSSR count). The van der Waals surface area contributed by atoms with Gasteiger partial charge in [-0.2, -0.15) is 0 Å². The molecule has 2 fully saturated rings. The van der Waals surface area contributed by atoms with Gasteiger partial charge in [-0.3, -0.25) is 9.59 Å². The summed E-state index contributed by atoms with van der Waals surface area (Å²) in [5.74, 6) is 0.879. The molecule has 404 valence electrons. The normalized spacial score (nSPS) is 13.9. The number of hydrogen-bond donors (Lipinski definition) is 0. The van der Waals surface area contributed by atoms with Crippen molar-refractivity contribution in [3.8, 4) is 0 Å². The van der Waals surface area contributed by atoms with Crippen LogP contribution in [0, 0.1) is 6.92 Å². The van der Waals surface area contributed by atoms with Gasteiger partial charge in [0.25, 0.3) is 0 Å². The van der Waals surface area contributed by atoms with Crippen LogP contribution in [0.5, 0.6) is 0 Å². The minimum atomic E-state index is -3.02. The lowest BCUT2D eigenvalue weighted by Crippen LogP contribution is -2.39. The van der Waals surface area contributed by atoms with Crippen LogP contribution >= 0.6 is 11.6 Å². The fraction of sp³-hybridized carbons (Fsp3) is 0.789. The molecule has 1 aliphatic carbocycles. The summed E-state index contributed by atoms with van der Waals surface area (Å²) in [6, 6.07) is 7.69. The first kappa shape index (κ1) is 76.7. The van der Waals surface area contributed by atoms with Gasteiger partial charge in [-0.1, -0.05) is 37.3 Å². The molecule has 0 aromatic heterocycles. The lowest BCUT2D eigenvalue weighted by Gasteiger charge is -2.25. The van der Waals surface area contributed by atoms with Crippen LogP contribution in [0.2, 0.25) is 25.7 Å². The van der Waals surface area contributed by atoms with Gasteiger partial charge in [-0.15, -0.1) is 11.6 Å². The average Bonchev–Trinajstić information content (AvgIpc) is 3.93. The number of carbonyl (C=O) groups excluding carboxylic acids is 2. The summed E-state index contributed by atoms with van der Waals surface area (Å²) in [5, 5.41) is 0.0208. The highest BCUT2D eigenvalue weighted by Crippen LogP contribution is 2.27. The molecule has 1 heterocycles. The third-order valence-electron chi connectivity index (χ3n) is 7.00. The molecular formula is C38H82ClN3O17S7Si. The van der Waals surface area contributed by atoms with E-state index >= 15 is 0 Å². The molecule has 1 saturated carbocycles. The van der Waals surface area contributed by atoms with E-state index in [0.717, 1.165) is 79.4 Å². The van der Waals surface area contributed by atoms with Gasteiger partial charge in [0.15, 0.2) is 9.84 Å². The molecule has 0 bridgehead atoms. The molecule has 0 unspecified atom stereocenters. The fourth-order valence-electron chi connectivity index (χ4n) is 2.79. The number of sulfonamides is 1. The first-order valence-corrected chi connectivity index (χ1v) is 38.5. The second-order valence-corrected chi connectivity index (χ2v) is 38.9. The van der Waals surface area contributed by atoms with Crippen molar-refractivity contribution in [3.63, 3.8) is 0 Å². The van der Waals surface area contributed by atoms with Gasteiger partial charge < -0.3 is 14.5 Å². The van der Waals surface area contributed by atoms with Crippen molar-refractivity contribution in [2.24, 2.45) is 0 Å². The van der Waals surface area contributed by atoms with Gasteiger partial charge in [0.2, 0.25) is 21.8 Å². The van der Waals surface area contributed by atoms with Gasteiger partial charge in [0, 0.05) is 125 Å². The highest BCUT2D eigenvalue weighted by atomic mass is 35.5. The van der Waals surface area contributed by atoms with E-state index in [1.807, 2.05) is 6.92 Å². The van der Waals surface area contributed by atoms with Crippen LogP contribution in [-0.4, -0.2) is 226 Å². The molecule has 0 spiro atoms. The van der Waals surface area contributed by atoms with E-state index in [-0.39, 0.29) is 28.7 Å². The van der Waals surface area contributed by atoms with Crippen molar-refractivity contribution in [2.45, 2.75) is 69.4 Å². The largest absolute Gasteiger partial charge is 0.378 e. The average molecular weight is 1140 g/mol. The number of carbonyl (C=O) groups is 2. The number of aryl methyl sites for hydroxylation is 1. The topological polar surface area (TPSA) is 292 Å². The predicted molar refractivity (Wildman–Crippen MR) is 278 cm³/mol. The fourth-order valence-corrected chi connectivity index (χ4v) is 9.47. The van der Waals surface area contributed by atoms with Crippen molar-refractivity contribution in [1.82, 2.24) is 14.1 Å². The molecule has 67 heavy (non-hydrogen) atoms.